The van der Waals surface area contributed by atoms with Crippen LogP contribution in [0.4, 0.5) is 0 Å². The van der Waals surface area contributed by atoms with Gasteiger partial charge in [0.25, 0.3) is 0 Å². The van der Waals surface area contributed by atoms with Gasteiger partial charge in [-0.3, -0.25) is 0 Å². The molecule has 1 aliphatic rings. The molecule has 0 saturated heterocycles. The van der Waals surface area contributed by atoms with Crippen LogP contribution in [0.25, 0.3) is 32.0 Å². The highest BCUT2D eigenvalue weighted by Gasteiger charge is 2.26. The number of aryl methyl sites for hydroxylation is 2. The maximum absolute atomic E-state index is 13.2. The SMILES string of the molecule is CSc1ncc(S(=O)(=O)Oc2ccc(-c3c4ccccc4cc4sc(C)c(C)c34)cc2C2CCCC2)cn1. The Hall–Kier alpha value is -2.94. The van der Waals surface area contributed by atoms with Crippen molar-refractivity contribution in [2.45, 2.75) is 55.5 Å². The summed E-state index contributed by atoms with van der Waals surface area (Å²) >= 11 is 3.18. The molecule has 0 unspecified atom stereocenters. The number of fused-ring (bicyclic) bond motifs is 2. The van der Waals surface area contributed by atoms with E-state index in [9.17, 15) is 8.42 Å². The van der Waals surface area contributed by atoms with E-state index in [2.05, 4.69) is 60.2 Å². The van der Waals surface area contributed by atoms with Crippen molar-refractivity contribution in [3.05, 3.63) is 76.9 Å². The lowest BCUT2D eigenvalue weighted by Crippen LogP contribution is -2.12. The fourth-order valence-corrected chi connectivity index (χ4v) is 7.83. The zero-order valence-corrected chi connectivity index (χ0v) is 24.0. The molecule has 0 N–H and O–H groups in total. The fraction of sp³-hybridized carbons (Fsp3) is 0.267. The lowest BCUT2D eigenvalue weighted by atomic mass is 9.89. The predicted molar refractivity (Wildman–Crippen MR) is 157 cm³/mol. The average Bonchev–Trinajstić information content (AvgIpc) is 3.56. The molecule has 5 aromatic rings. The lowest BCUT2D eigenvalue weighted by molar-refractivity contribution is 0.478. The van der Waals surface area contributed by atoms with Gasteiger partial charge in [-0.15, -0.1) is 11.3 Å². The van der Waals surface area contributed by atoms with Gasteiger partial charge in [-0.25, -0.2) is 9.97 Å². The first kappa shape index (κ1) is 25.3. The van der Waals surface area contributed by atoms with Gasteiger partial charge in [0.15, 0.2) is 5.16 Å². The zero-order valence-electron chi connectivity index (χ0n) is 21.5. The smallest absolute Gasteiger partial charge is 0.342 e. The average molecular weight is 561 g/mol. The van der Waals surface area contributed by atoms with Crippen molar-refractivity contribution < 1.29 is 12.6 Å². The van der Waals surface area contributed by atoms with Crippen LogP contribution in [0.15, 0.2) is 71.0 Å². The van der Waals surface area contributed by atoms with Gasteiger partial charge in [0.2, 0.25) is 0 Å². The molecule has 0 bridgehead atoms. The van der Waals surface area contributed by atoms with Crippen molar-refractivity contribution in [3.63, 3.8) is 0 Å². The zero-order chi connectivity index (χ0) is 26.4. The lowest BCUT2D eigenvalue weighted by Gasteiger charge is -2.19. The number of hydrogen-bond donors (Lipinski definition) is 0. The number of hydrogen-bond acceptors (Lipinski definition) is 7. The highest BCUT2D eigenvalue weighted by molar-refractivity contribution is 7.98. The van der Waals surface area contributed by atoms with E-state index in [4.69, 9.17) is 4.18 Å². The van der Waals surface area contributed by atoms with Gasteiger partial charge in [-0.05, 0) is 90.1 Å². The second-order valence-corrected chi connectivity index (χ2v) is 13.4. The minimum absolute atomic E-state index is 0.0446. The monoisotopic (exact) mass is 560 g/mol. The van der Waals surface area contributed by atoms with E-state index in [0.29, 0.717) is 10.9 Å². The molecule has 6 rings (SSSR count). The summed E-state index contributed by atoms with van der Waals surface area (Å²) < 4.78 is 33.5. The second kappa shape index (κ2) is 9.98. The quantitative estimate of drug-likeness (QED) is 0.118. The van der Waals surface area contributed by atoms with E-state index in [-0.39, 0.29) is 10.8 Å². The molecule has 194 valence electrons. The molecule has 5 nitrogen and oxygen atoms in total. The van der Waals surface area contributed by atoms with Gasteiger partial charge in [-0.1, -0.05) is 54.9 Å². The van der Waals surface area contributed by atoms with Crippen molar-refractivity contribution in [3.8, 4) is 16.9 Å². The molecular formula is C30H28N2O3S3. The minimum atomic E-state index is -4.07. The molecule has 1 fully saturated rings. The van der Waals surface area contributed by atoms with Gasteiger partial charge in [-0.2, -0.15) is 8.42 Å². The number of thioether (sulfide) groups is 1. The molecule has 3 aromatic carbocycles. The number of rotatable bonds is 6. The topological polar surface area (TPSA) is 69.2 Å². The molecule has 0 radical (unpaired) electrons. The van der Waals surface area contributed by atoms with E-state index in [0.717, 1.165) is 36.8 Å². The van der Waals surface area contributed by atoms with Crippen LogP contribution >= 0.6 is 23.1 Å². The third kappa shape index (κ3) is 4.48. The summed E-state index contributed by atoms with van der Waals surface area (Å²) in [6, 6.07) is 16.8. The van der Waals surface area contributed by atoms with E-state index in [1.54, 1.807) is 0 Å². The molecule has 1 saturated carbocycles. The van der Waals surface area contributed by atoms with Crippen LogP contribution in [0.1, 0.15) is 47.6 Å². The molecule has 38 heavy (non-hydrogen) atoms. The Balaban J connectivity index is 1.52. The largest absolute Gasteiger partial charge is 0.379 e. The van der Waals surface area contributed by atoms with Crippen LogP contribution in [0.2, 0.25) is 0 Å². The van der Waals surface area contributed by atoms with Crippen LogP contribution in [-0.4, -0.2) is 24.6 Å². The molecule has 0 atom stereocenters. The molecule has 8 heteroatoms. The highest BCUT2D eigenvalue weighted by atomic mass is 32.2. The molecule has 0 spiro atoms. The van der Waals surface area contributed by atoms with Crippen molar-refractivity contribution in [1.82, 2.24) is 9.97 Å². The molecule has 2 heterocycles. The van der Waals surface area contributed by atoms with Gasteiger partial charge in [0.05, 0.1) is 12.4 Å². The first-order chi connectivity index (χ1) is 18.4. The van der Waals surface area contributed by atoms with Gasteiger partial charge in [0, 0.05) is 15.0 Å². The van der Waals surface area contributed by atoms with Crippen LogP contribution in [0.3, 0.4) is 0 Å². The normalized spacial score (nSPS) is 14.5. The van der Waals surface area contributed by atoms with Crippen LogP contribution in [-0.2, 0) is 10.1 Å². The van der Waals surface area contributed by atoms with E-state index >= 15 is 0 Å². The maximum atomic E-state index is 13.2. The second-order valence-electron chi connectivity index (χ2n) is 9.81. The number of benzene rings is 3. The van der Waals surface area contributed by atoms with Gasteiger partial charge in [0.1, 0.15) is 10.6 Å². The van der Waals surface area contributed by atoms with Crippen molar-refractivity contribution in [1.29, 1.82) is 0 Å². The molecular weight excluding hydrogens is 533 g/mol. The summed E-state index contributed by atoms with van der Waals surface area (Å²) in [6.45, 7) is 4.37. The third-order valence-corrected chi connectivity index (χ3v) is 10.5. The van der Waals surface area contributed by atoms with Crippen LogP contribution in [0, 0.1) is 13.8 Å². The van der Waals surface area contributed by atoms with E-state index in [1.165, 1.54) is 61.0 Å². The maximum Gasteiger partial charge on any atom is 0.342 e. The van der Waals surface area contributed by atoms with E-state index < -0.39 is 10.1 Å². The van der Waals surface area contributed by atoms with Gasteiger partial charge < -0.3 is 4.18 Å². The van der Waals surface area contributed by atoms with Gasteiger partial charge >= 0.3 is 10.1 Å². The predicted octanol–water partition coefficient (Wildman–Crippen LogP) is 8.28. The Morgan fingerprint density at radius 2 is 1.74 bits per heavy atom. The standard InChI is InChI=1S/C30H28N2O3S3/c1-18-19(2)37-27-15-21-10-6-7-11-24(21)29(28(18)27)22-12-13-26(25(14-22)20-8-4-5-9-20)35-38(33,34)23-16-31-30(36-3)32-17-23/h6-7,10-17,20H,4-5,8-9H2,1-3H3. The molecule has 2 aromatic heterocycles. The summed E-state index contributed by atoms with van der Waals surface area (Å²) in [5.41, 5.74) is 4.54. The fourth-order valence-electron chi connectivity index (χ4n) is 5.53. The highest BCUT2D eigenvalue weighted by Crippen LogP contribution is 2.46. The number of aromatic nitrogens is 2. The molecule has 0 aliphatic heterocycles. The minimum Gasteiger partial charge on any atom is -0.379 e. The summed E-state index contributed by atoms with van der Waals surface area (Å²) in [5, 5.41) is 4.19. The number of thiophene rings is 1. The first-order valence-electron chi connectivity index (χ1n) is 12.7. The molecule has 0 amide bonds. The number of nitrogens with zero attached hydrogens (tertiary/aromatic N) is 2. The van der Waals surface area contributed by atoms with Crippen molar-refractivity contribution in [2.24, 2.45) is 0 Å². The Morgan fingerprint density at radius 3 is 2.47 bits per heavy atom. The summed E-state index contributed by atoms with van der Waals surface area (Å²) in [6.07, 6.45) is 8.77. The summed E-state index contributed by atoms with van der Waals surface area (Å²) in [4.78, 5) is 9.51. The van der Waals surface area contributed by atoms with Crippen LogP contribution in [0.5, 0.6) is 5.75 Å². The summed E-state index contributed by atoms with van der Waals surface area (Å²) in [7, 11) is -4.07. The Kier molecular flexibility index (Phi) is 6.66. The Labute approximate surface area is 231 Å². The Morgan fingerprint density at radius 1 is 1.00 bits per heavy atom. The Bertz CT molecular complexity index is 1770. The first-order valence-corrected chi connectivity index (χ1v) is 16.2. The van der Waals surface area contributed by atoms with Crippen molar-refractivity contribution in [2.75, 3.05) is 6.26 Å². The summed E-state index contributed by atoms with van der Waals surface area (Å²) in [5.74, 6) is 0.648. The van der Waals surface area contributed by atoms with Crippen molar-refractivity contribution >= 4 is 54.1 Å². The third-order valence-electron chi connectivity index (χ3n) is 7.55. The van der Waals surface area contributed by atoms with E-state index in [1.807, 2.05) is 29.7 Å². The van der Waals surface area contributed by atoms with Crippen LogP contribution < -0.4 is 4.18 Å². The molecule has 1 aliphatic carbocycles.